The molecular formula is C14H19FN2O4. The van der Waals surface area contributed by atoms with Gasteiger partial charge in [-0.15, -0.1) is 0 Å². The first-order chi connectivity index (χ1) is 9.66. The summed E-state index contributed by atoms with van der Waals surface area (Å²) in [7, 11) is 0. The Balaban J connectivity index is 2.75. The minimum Gasteiger partial charge on any atom is -0.481 e. The monoisotopic (exact) mass is 298 g/mol. The van der Waals surface area contributed by atoms with E-state index in [9.17, 15) is 19.3 Å². The molecule has 0 heterocycles. The van der Waals surface area contributed by atoms with Gasteiger partial charge in [0.25, 0.3) is 5.91 Å². The minimum atomic E-state index is -1.00. The lowest BCUT2D eigenvalue weighted by molar-refractivity contribution is -0.387. The van der Waals surface area contributed by atoms with Crippen molar-refractivity contribution < 1.29 is 18.8 Å². The fourth-order valence-corrected chi connectivity index (χ4v) is 1.49. The van der Waals surface area contributed by atoms with Crippen molar-refractivity contribution in [1.29, 1.82) is 0 Å². The summed E-state index contributed by atoms with van der Waals surface area (Å²) in [5.74, 6) is -1.27. The zero-order valence-corrected chi connectivity index (χ0v) is 12.5. The average Bonchev–Trinajstić information content (AvgIpc) is 2.37. The van der Waals surface area contributed by atoms with Gasteiger partial charge in [-0.2, -0.15) is 4.39 Å². The van der Waals surface area contributed by atoms with E-state index in [2.05, 4.69) is 5.32 Å². The van der Waals surface area contributed by atoms with Gasteiger partial charge in [0, 0.05) is 17.7 Å². The molecule has 1 atom stereocenters. The van der Waals surface area contributed by atoms with Crippen LogP contribution in [0, 0.1) is 15.9 Å². The van der Waals surface area contributed by atoms with Crippen LogP contribution in [0.5, 0.6) is 5.75 Å². The van der Waals surface area contributed by atoms with E-state index in [1.54, 1.807) is 0 Å². The number of hydrogen-bond acceptors (Lipinski definition) is 4. The van der Waals surface area contributed by atoms with E-state index >= 15 is 0 Å². The zero-order chi connectivity index (χ0) is 16.2. The van der Waals surface area contributed by atoms with Gasteiger partial charge < -0.3 is 10.1 Å². The van der Waals surface area contributed by atoms with E-state index in [-0.39, 0.29) is 17.2 Å². The van der Waals surface area contributed by atoms with Crippen molar-refractivity contribution in [2.24, 2.45) is 0 Å². The SMILES string of the molecule is CCC(C)(C)NC(=O)C(C)Oc1ccc([N+](=O)[O-])c(F)c1. The summed E-state index contributed by atoms with van der Waals surface area (Å²) in [5, 5.41) is 13.3. The molecule has 0 fully saturated rings. The molecule has 0 aromatic heterocycles. The lowest BCUT2D eigenvalue weighted by Crippen LogP contribution is -2.48. The van der Waals surface area contributed by atoms with Crippen LogP contribution in [0.25, 0.3) is 0 Å². The Morgan fingerprint density at radius 2 is 2.14 bits per heavy atom. The molecule has 1 N–H and O–H groups in total. The van der Waals surface area contributed by atoms with E-state index < -0.39 is 22.5 Å². The maximum absolute atomic E-state index is 13.5. The van der Waals surface area contributed by atoms with Crippen LogP contribution in [0.4, 0.5) is 10.1 Å². The van der Waals surface area contributed by atoms with Crippen molar-refractivity contribution in [3.05, 3.63) is 34.1 Å². The fourth-order valence-electron chi connectivity index (χ4n) is 1.49. The average molecular weight is 298 g/mol. The molecule has 7 heteroatoms. The largest absolute Gasteiger partial charge is 0.481 e. The summed E-state index contributed by atoms with van der Waals surface area (Å²) in [6.07, 6.45) is -0.0888. The second kappa shape index (κ2) is 6.51. The van der Waals surface area contributed by atoms with Crippen molar-refractivity contribution in [3.63, 3.8) is 0 Å². The second-order valence-electron chi connectivity index (χ2n) is 5.36. The molecule has 1 rings (SSSR count). The van der Waals surface area contributed by atoms with E-state index in [1.165, 1.54) is 13.0 Å². The van der Waals surface area contributed by atoms with Gasteiger partial charge in [0.2, 0.25) is 5.82 Å². The van der Waals surface area contributed by atoms with Gasteiger partial charge in [-0.1, -0.05) is 6.92 Å². The number of nitrogens with zero attached hydrogens (tertiary/aromatic N) is 1. The van der Waals surface area contributed by atoms with Crippen LogP contribution < -0.4 is 10.1 Å². The van der Waals surface area contributed by atoms with Gasteiger partial charge in [0.05, 0.1) is 4.92 Å². The number of amides is 1. The van der Waals surface area contributed by atoms with Gasteiger partial charge in [0.1, 0.15) is 5.75 Å². The van der Waals surface area contributed by atoms with Crippen LogP contribution >= 0.6 is 0 Å². The third-order valence-electron chi connectivity index (χ3n) is 3.14. The predicted octanol–water partition coefficient (Wildman–Crippen LogP) is 2.81. The highest BCUT2D eigenvalue weighted by Crippen LogP contribution is 2.23. The highest BCUT2D eigenvalue weighted by atomic mass is 19.1. The minimum absolute atomic E-state index is 0.0649. The van der Waals surface area contributed by atoms with Crippen LogP contribution in [0.3, 0.4) is 0 Å². The summed E-state index contributed by atoms with van der Waals surface area (Å²) >= 11 is 0. The number of ether oxygens (including phenoxy) is 1. The van der Waals surface area contributed by atoms with E-state index in [4.69, 9.17) is 4.74 Å². The second-order valence-corrected chi connectivity index (χ2v) is 5.36. The molecule has 0 spiro atoms. The standard InChI is InChI=1S/C14H19FN2O4/c1-5-14(3,4)16-13(18)9(2)21-10-6-7-12(17(19)20)11(15)8-10/h6-9H,5H2,1-4H3,(H,16,18). The number of halogens is 1. The van der Waals surface area contributed by atoms with Crippen molar-refractivity contribution in [1.82, 2.24) is 5.32 Å². The van der Waals surface area contributed by atoms with Gasteiger partial charge in [-0.3, -0.25) is 14.9 Å². The number of rotatable bonds is 6. The van der Waals surface area contributed by atoms with Gasteiger partial charge >= 0.3 is 5.69 Å². The Morgan fingerprint density at radius 1 is 1.52 bits per heavy atom. The maximum Gasteiger partial charge on any atom is 0.305 e. The fraction of sp³-hybridized carbons (Fsp3) is 0.500. The van der Waals surface area contributed by atoms with Crippen LogP contribution in [0.1, 0.15) is 34.1 Å². The predicted molar refractivity (Wildman–Crippen MR) is 75.7 cm³/mol. The van der Waals surface area contributed by atoms with Crippen LogP contribution in [0.15, 0.2) is 18.2 Å². The Hall–Kier alpha value is -2.18. The highest BCUT2D eigenvalue weighted by Gasteiger charge is 2.23. The van der Waals surface area contributed by atoms with Crippen molar-refractivity contribution >= 4 is 11.6 Å². The van der Waals surface area contributed by atoms with Gasteiger partial charge in [-0.25, -0.2) is 0 Å². The molecule has 0 radical (unpaired) electrons. The van der Waals surface area contributed by atoms with E-state index in [0.717, 1.165) is 18.6 Å². The number of carbonyl (C=O) groups excluding carboxylic acids is 1. The highest BCUT2D eigenvalue weighted by molar-refractivity contribution is 5.81. The van der Waals surface area contributed by atoms with Crippen LogP contribution in [0.2, 0.25) is 0 Å². The Bertz CT molecular complexity index is 546. The quantitative estimate of drug-likeness (QED) is 0.646. The molecule has 21 heavy (non-hydrogen) atoms. The summed E-state index contributed by atoms with van der Waals surface area (Å²) in [6, 6.07) is 3.16. The van der Waals surface area contributed by atoms with Gasteiger partial charge in [-0.05, 0) is 33.3 Å². The molecule has 0 bridgehead atoms. The zero-order valence-electron chi connectivity index (χ0n) is 12.5. The first-order valence-electron chi connectivity index (χ1n) is 6.59. The first-order valence-corrected chi connectivity index (χ1v) is 6.59. The summed E-state index contributed by atoms with van der Waals surface area (Å²) < 4.78 is 18.8. The molecule has 0 aliphatic carbocycles. The third kappa shape index (κ3) is 4.70. The molecule has 1 aromatic carbocycles. The van der Waals surface area contributed by atoms with E-state index in [0.29, 0.717) is 0 Å². The van der Waals surface area contributed by atoms with E-state index in [1.807, 2.05) is 20.8 Å². The van der Waals surface area contributed by atoms with Crippen molar-refractivity contribution in [2.45, 2.75) is 45.8 Å². The molecule has 1 aromatic rings. The van der Waals surface area contributed by atoms with Crippen molar-refractivity contribution in [3.8, 4) is 5.75 Å². The number of hydrogen-bond donors (Lipinski definition) is 1. The van der Waals surface area contributed by atoms with Crippen molar-refractivity contribution in [2.75, 3.05) is 0 Å². The summed E-state index contributed by atoms with van der Waals surface area (Å²) in [4.78, 5) is 21.6. The molecule has 1 amide bonds. The molecule has 0 aliphatic heterocycles. The summed E-state index contributed by atoms with van der Waals surface area (Å²) in [6.45, 7) is 7.23. The molecule has 1 unspecified atom stereocenters. The van der Waals surface area contributed by atoms with Crippen LogP contribution in [-0.2, 0) is 4.79 Å². The van der Waals surface area contributed by atoms with Crippen LogP contribution in [-0.4, -0.2) is 22.5 Å². The Morgan fingerprint density at radius 3 is 2.62 bits per heavy atom. The lowest BCUT2D eigenvalue weighted by atomic mass is 10.0. The van der Waals surface area contributed by atoms with Gasteiger partial charge in [0.15, 0.2) is 6.10 Å². The normalized spacial score (nSPS) is 12.6. The molecule has 6 nitrogen and oxygen atoms in total. The Kier molecular flexibility index (Phi) is 5.23. The summed E-state index contributed by atoms with van der Waals surface area (Å²) in [5.41, 5.74) is -0.998. The maximum atomic E-state index is 13.5. The number of benzene rings is 1. The molecule has 0 saturated carbocycles. The number of nitrogens with one attached hydrogen (secondary N) is 1. The lowest BCUT2D eigenvalue weighted by Gasteiger charge is -2.26. The third-order valence-corrected chi connectivity index (χ3v) is 3.14. The first kappa shape index (κ1) is 16.9. The number of nitro benzene ring substituents is 1. The molecule has 0 saturated heterocycles. The Labute approximate surface area is 122 Å². The topological polar surface area (TPSA) is 81.5 Å². The molecule has 116 valence electrons. The molecular weight excluding hydrogens is 279 g/mol. The number of carbonyl (C=O) groups is 1. The molecule has 0 aliphatic rings. The smallest absolute Gasteiger partial charge is 0.305 e. The number of nitro groups is 1.